The first kappa shape index (κ1) is 10.9. The summed E-state index contributed by atoms with van der Waals surface area (Å²) in [5.41, 5.74) is -1.08. The molecule has 0 spiro atoms. The molecule has 0 radical (unpaired) electrons. The minimum atomic E-state index is -3.25. The highest BCUT2D eigenvalue weighted by molar-refractivity contribution is 8.22. The number of aliphatic hydroxyl groups is 1. The summed E-state index contributed by atoms with van der Waals surface area (Å²) >= 11 is 1.14. The Bertz CT molecular complexity index is 271. The molecule has 5 N–H and O–H groups in total. The Balaban J connectivity index is 3.01. The van der Waals surface area contributed by atoms with Gasteiger partial charge in [-0.25, -0.2) is 10.1 Å². The van der Waals surface area contributed by atoms with Gasteiger partial charge >= 0.3 is 0 Å². The summed E-state index contributed by atoms with van der Waals surface area (Å²) in [6.07, 6.45) is 0. The van der Waals surface area contributed by atoms with Gasteiger partial charge in [-0.15, -0.1) is 11.3 Å². The molecular weight excluding hydrogens is 212 g/mol. The van der Waals surface area contributed by atoms with Crippen LogP contribution in [0.5, 0.6) is 0 Å². The molecule has 0 aliphatic carbocycles. The molecule has 1 rings (SSSR count). The number of hydrogen-bond donors (Lipinski definition) is 4. The molecule has 76 valence electrons. The monoisotopic (exact) mass is 224 g/mol. The lowest BCUT2D eigenvalue weighted by atomic mass is 10.2. The van der Waals surface area contributed by atoms with Crippen molar-refractivity contribution in [2.75, 3.05) is 0 Å². The maximum Gasteiger partial charge on any atom is 0.174 e. The Morgan fingerprint density at radius 3 is 2.31 bits per heavy atom. The molecule has 5 nitrogen and oxygen atoms in total. The topological polar surface area (TPSA) is 99.6 Å². The van der Waals surface area contributed by atoms with E-state index in [0.29, 0.717) is 5.01 Å². The van der Waals surface area contributed by atoms with Gasteiger partial charge in [-0.1, -0.05) is 10.8 Å². The number of rotatable bonds is 2. The van der Waals surface area contributed by atoms with Crippen molar-refractivity contribution in [2.45, 2.75) is 24.5 Å². The third kappa shape index (κ3) is 2.63. The van der Waals surface area contributed by atoms with Crippen molar-refractivity contribution < 1.29 is 14.2 Å². The van der Waals surface area contributed by atoms with Crippen molar-refractivity contribution in [1.29, 1.82) is 0 Å². The molecule has 13 heavy (non-hydrogen) atoms. The number of thiazole rings is 1. The first-order valence-electron chi connectivity index (χ1n) is 3.45. The fraction of sp³-hybridized carbons (Fsp3) is 0.500. The summed E-state index contributed by atoms with van der Waals surface area (Å²) in [5, 5.41) is 16.5. The number of nitrogens with two attached hydrogens (primary N) is 1. The minimum absolute atomic E-state index is 0.0228. The van der Waals surface area contributed by atoms with E-state index in [2.05, 4.69) is 4.98 Å². The Morgan fingerprint density at radius 1 is 1.54 bits per heavy atom. The summed E-state index contributed by atoms with van der Waals surface area (Å²) < 4.78 is 18.1. The average molecular weight is 224 g/mol. The second-order valence-electron chi connectivity index (χ2n) is 3.14. The molecule has 0 unspecified atom stereocenters. The van der Waals surface area contributed by atoms with E-state index in [1.807, 2.05) is 0 Å². The van der Waals surface area contributed by atoms with Gasteiger partial charge in [-0.3, -0.25) is 9.11 Å². The van der Waals surface area contributed by atoms with Gasteiger partial charge in [0.05, 0.1) is 0 Å². The van der Waals surface area contributed by atoms with Gasteiger partial charge in [0.15, 0.2) is 5.03 Å². The molecule has 7 heteroatoms. The van der Waals surface area contributed by atoms with E-state index in [1.54, 1.807) is 13.8 Å². The zero-order chi connectivity index (χ0) is 10.3. The Kier molecular flexibility index (Phi) is 2.68. The molecule has 0 saturated heterocycles. The Labute approximate surface area is 81.7 Å². The zero-order valence-corrected chi connectivity index (χ0v) is 8.89. The van der Waals surface area contributed by atoms with Gasteiger partial charge in [0.2, 0.25) is 0 Å². The quantitative estimate of drug-likeness (QED) is 0.607. The van der Waals surface area contributed by atoms with E-state index in [9.17, 15) is 5.11 Å². The van der Waals surface area contributed by atoms with Crippen molar-refractivity contribution >= 4 is 22.1 Å². The van der Waals surface area contributed by atoms with E-state index in [-0.39, 0.29) is 5.03 Å². The van der Waals surface area contributed by atoms with E-state index >= 15 is 0 Å². The van der Waals surface area contributed by atoms with Gasteiger partial charge in [-0.05, 0) is 13.8 Å². The Hall–Kier alpha value is -0.180. The first-order valence-corrected chi connectivity index (χ1v) is 5.94. The van der Waals surface area contributed by atoms with Crippen LogP contribution in [0.2, 0.25) is 0 Å². The van der Waals surface area contributed by atoms with Crippen molar-refractivity contribution in [3.8, 4) is 0 Å². The SMILES string of the molecule is CC(C)(O)c1nc(S(N)(O)O)cs1. The van der Waals surface area contributed by atoms with Crippen LogP contribution >= 0.6 is 22.1 Å². The highest BCUT2D eigenvalue weighted by atomic mass is 32.3. The molecule has 0 bridgehead atoms. The van der Waals surface area contributed by atoms with Crippen LogP contribution in [0.3, 0.4) is 0 Å². The maximum atomic E-state index is 9.52. The highest BCUT2D eigenvalue weighted by Gasteiger charge is 2.23. The number of aromatic nitrogens is 1. The lowest BCUT2D eigenvalue weighted by Gasteiger charge is -2.23. The van der Waals surface area contributed by atoms with Crippen molar-refractivity contribution in [1.82, 2.24) is 4.98 Å². The molecule has 0 aliphatic rings. The van der Waals surface area contributed by atoms with E-state index in [0.717, 1.165) is 11.3 Å². The largest absolute Gasteiger partial charge is 0.383 e. The van der Waals surface area contributed by atoms with Gasteiger partial charge in [0.25, 0.3) is 0 Å². The van der Waals surface area contributed by atoms with Gasteiger partial charge < -0.3 is 5.11 Å². The second-order valence-corrected chi connectivity index (χ2v) is 5.60. The van der Waals surface area contributed by atoms with Gasteiger partial charge in [0, 0.05) is 5.38 Å². The Morgan fingerprint density at radius 2 is 2.08 bits per heavy atom. The second kappa shape index (κ2) is 3.19. The highest BCUT2D eigenvalue weighted by Crippen LogP contribution is 2.41. The first-order chi connectivity index (χ1) is 5.71. The summed E-state index contributed by atoms with van der Waals surface area (Å²) in [4.78, 5) is 3.83. The smallest absolute Gasteiger partial charge is 0.174 e. The van der Waals surface area contributed by atoms with Crippen LogP contribution in [0, 0.1) is 0 Å². The molecule has 1 aromatic heterocycles. The predicted molar refractivity (Wildman–Crippen MR) is 52.7 cm³/mol. The average Bonchev–Trinajstić information content (AvgIpc) is 2.28. The molecule has 0 aromatic carbocycles. The maximum absolute atomic E-state index is 9.52. The van der Waals surface area contributed by atoms with Crippen LogP contribution in [0.1, 0.15) is 18.9 Å². The van der Waals surface area contributed by atoms with Gasteiger partial charge in [-0.2, -0.15) is 0 Å². The van der Waals surface area contributed by atoms with Crippen molar-refractivity contribution in [3.63, 3.8) is 0 Å². The minimum Gasteiger partial charge on any atom is -0.383 e. The molecular formula is C6H12N2O3S2. The third-order valence-corrected chi connectivity index (χ3v) is 3.44. The number of nitrogens with zero attached hydrogens (tertiary/aromatic N) is 1. The van der Waals surface area contributed by atoms with Crippen molar-refractivity contribution in [3.05, 3.63) is 10.4 Å². The summed E-state index contributed by atoms with van der Waals surface area (Å²) in [7, 11) is -3.25. The fourth-order valence-corrected chi connectivity index (χ4v) is 2.38. The zero-order valence-electron chi connectivity index (χ0n) is 7.26. The summed E-state index contributed by atoms with van der Waals surface area (Å²) in [5.74, 6) is 0. The standard InChI is InChI=1S/C6H12N2O3S2/c1-6(2,9)5-8-4(3-12-5)13(7,10)11/h3,9-11H,7H2,1-2H3. The number of hydrogen-bond acceptors (Lipinski definition) is 6. The van der Waals surface area contributed by atoms with Crippen molar-refractivity contribution in [2.24, 2.45) is 5.14 Å². The fourth-order valence-electron chi connectivity index (χ4n) is 0.678. The normalized spacial score (nSPS) is 14.6. The van der Waals surface area contributed by atoms with Gasteiger partial charge in [0.1, 0.15) is 10.6 Å². The molecule has 1 heterocycles. The van der Waals surface area contributed by atoms with E-state index in [4.69, 9.17) is 14.2 Å². The van der Waals surface area contributed by atoms with Crippen LogP contribution in [0.15, 0.2) is 10.4 Å². The molecule has 0 amide bonds. The predicted octanol–water partition coefficient (Wildman–Crippen LogP) is 1.35. The van der Waals surface area contributed by atoms with Crippen LogP contribution < -0.4 is 5.14 Å². The van der Waals surface area contributed by atoms with Crippen LogP contribution in [-0.4, -0.2) is 19.2 Å². The lowest BCUT2D eigenvalue weighted by Crippen LogP contribution is -2.16. The molecule has 0 fully saturated rings. The van der Waals surface area contributed by atoms with E-state index < -0.39 is 16.4 Å². The molecule has 1 aromatic rings. The van der Waals surface area contributed by atoms with Crippen LogP contribution in [-0.2, 0) is 5.60 Å². The van der Waals surface area contributed by atoms with E-state index in [1.165, 1.54) is 5.38 Å². The molecule has 0 atom stereocenters. The summed E-state index contributed by atoms with van der Waals surface area (Å²) in [6.45, 7) is 3.13. The van der Waals surface area contributed by atoms with Crippen LogP contribution in [0.25, 0.3) is 0 Å². The lowest BCUT2D eigenvalue weighted by molar-refractivity contribution is 0.0778. The molecule has 0 aliphatic heterocycles. The molecule has 0 saturated carbocycles. The van der Waals surface area contributed by atoms with Crippen LogP contribution in [0.4, 0.5) is 0 Å². The summed E-state index contributed by atoms with van der Waals surface area (Å²) in [6, 6.07) is 0. The third-order valence-electron chi connectivity index (χ3n) is 1.31.